The van der Waals surface area contributed by atoms with Crippen LogP contribution in [0.5, 0.6) is 5.75 Å². The van der Waals surface area contributed by atoms with E-state index in [-0.39, 0.29) is 11.8 Å². The van der Waals surface area contributed by atoms with Gasteiger partial charge in [0.2, 0.25) is 15.9 Å². The predicted molar refractivity (Wildman–Crippen MR) is 106 cm³/mol. The van der Waals surface area contributed by atoms with Gasteiger partial charge in [0.15, 0.2) is 0 Å². The van der Waals surface area contributed by atoms with Crippen molar-refractivity contribution in [3.8, 4) is 5.75 Å². The second-order valence-corrected chi connectivity index (χ2v) is 9.04. The lowest BCUT2D eigenvalue weighted by Gasteiger charge is -2.33. The smallest absolute Gasteiger partial charge is 0.243 e. The van der Waals surface area contributed by atoms with Crippen LogP contribution in [0.3, 0.4) is 0 Å². The van der Waals surface area contributed by atoms with Crippen LogP contribution in [0.25, 0.3) is 0 Å². The summed E-state index contributed by atoms with van der Waals surface area (Å²) in [6.45, 7) is 8.24. The zero-order valence-corrected chi connectivity index (χ0v) is 17.7. The minimum absolute atomic E-state index is 0.0773. The number of carbonyl (C=O) groups is 1. The van der Waals surface area contributed by atoms with E-state index < -0.39 is 10.0 Å². The molecule has 7 heteroatoms. The Labute approximate surface area is 163 Å². The number of carbonyl (C=O) groups excluding carboxylic acids is 1. The van der Waals surface area contributed by atoms with E-state index in [1.54, 1.807) is 32.2 Å². The van der Waals surface area contributed by atoms with Crippen LogP contribution >= 0.6 is 0 Å². The van der Waals surface area contributed by atoms with Gasteiger partial charge in [-0.3, -0.25) is 4.79 Å². The third kappa shape index (κ3) is 5.02. The second-order valence-electron chi connectivity index (χ2n) is 7.14. The van der Waals surface area contributed by atoms with E-state index >= 15 is 0 Å². The maximum atomic E-state index is 13.0. The molecule has 0 aromatic heterocycles. The Bertz CT molecular complexity index is 734. The van der Waals surface area contributed by atoms with Crippen molar-refractivity contribution in [2.45, 2.75) is 51.3 Å². The Kier molecular flexibility index (Phi) is 7.68. The first-order valence-corrected chi connectivity index (χ1v) is 11.2. The minimum Gasteiger partial charge on any atom is -0.497 e. The fourth-order valence-corrected chi connectivity index (χ4v) is 5.33. The molecule has 2 rings (SSSR count). The summed E-state index contributed by atoms with van der Waals surface area (Å²) >= 11 is 0. The van der Waals surface area contributed by atoms with Gasteiger partial charge in [0.05, 0.1) is 12.0 Å². The van der Waals surface area contributed by atoms with E-state index in [1.165, 1.54) is 4.31 Å². The van der Waals surface area contributed by atoms with Crippen molar-refractivity contribution >= 4 is 15.9 Å². The normalized spacial score (nSPS) is 16.3. The number of rotatable bonds is 8. The number of amides is 1. The van der Waals surface area contributed by atoms with Crippen LogP contribution in [-0.4, -0.2) is 56.8 Å². The molecule has 0 atom stereocenters. The molecule has 1 fully saturated rings. The molecule has 1 amide bonds. The van der Waals surface area contributed by atoms with Crippen molar-refractivity contribution in [3.63, 3.8) is 0 Å². The Morgan fingerprint density at radius 1 is 1.19 bits per heavy atom. The van der Waals surface area contributed by atoms with Crippen molar-refractivity contribution in [2.75, 3.05) is 33.3 Å². The van der Waals surface area contributed by atoms with E-state index in [1.807, 2.05) is 4.90 Å². The van der Waals surface area contributed by atoms with Crippen LogP contribution in [0, 0.1) is 12.8 Å². The zero-order valence-electron chi connectivity index (χ0n) is 16.9. The largest absolute Gasteiger partial charge is 0.497 e. The first kappa shape index (κ1) is 21.7. The topological polar surface area (TPSA) is 66.9 Å². The first-order valence-electron chi connectivity index (χ1n) is 9.78. The molecule has 6 nitrogen and oxygen atoms in total. The van der Waals surface area contributed by atoms with Gasteiger partial charge in [0.1, 0.15) is 5.75 Å². The van der Waals surface area contributed by atoms with E-state index in [4.69, 9.17) is 4.74 Å². The fourth-order valence-electron chi connectivity index (χ4n) is 3.65. The standard InChI is InChI=1S/C20H32N2O4S/c1-5-11-21(12-6-2)20(23)17-9-13-22(14-10-17)27(24,25)19-8-7-18(26-4)15-16(19)3/h7-8,15,17H,5-6,9-14H2,1-4H3. The average Bonchev–Trinajstić information content (AvgIpc) is 2.67. The van der Waals surface area contributed by atoms with Crippen molar-refractivity contribution < 1.29 is 17.9 Å². The summed E-state index contributed by atoms with van der Waals surface area (Å²) in [6.07, 6.45) is 3.04. The molecule has 27 heavy (non-hydrogen) atoms. The highest BCUT2D eigenvalue weighted by molar-refractivity contribution is 7.89. The van der Waals surface area contributed by atoms with Crippen LogP contribution in [-0.2, 0) is 14.8 Å². The number of nitrogens with zero attached hydrogens (tertiary/aromatic N) is 2. The highest BCUT2D eigenvalue weighted by atomic mass is 32.2. The van der Waals surface area contributed by atoms with Gasteiger partial charge < -0.3 is 9.64 Å². The Morgan fingerprint density at radius 3 is 2.26 bits per heavy atom. The molecule has 1 heterocycles. The molecule has 0 saturated carbocycles. The average molecular weight is 397 g/mol. The van der Waals surface area contributed by atoms with E-state index in [0.717, 1.165) is 25.9 Å². The fraction of sp³-hybridized carbons (Fsp3) is 0.650. The van der Waals surface area contributed by atoms with Crippen LogP contribution in [0.15, 0.2) is 23.1 Å². The zero-order chi connectivity index (χ0) is 20.0. The number of hydrogen-bond acceptors (Lipinski definition) is 4. The van der Waals surface area contributed by atoms with Gasteiger partial charge in [-0.1, -0.05) is 13.8 Å². The number of ether oxygens (including phenoxy) is 1. The van der Waals surface area contributed by atoms with Crippen LogP contribution in [0.1, 0.15) is 45.1 Å². The molecule has 1 aliphatic rings. The molecule has 152 valence electrons. The van der Waals surface area contributed by atoms with E-state index in [0.29, 0.717) is 42.1 Å². The van der Waals surface area contributed by atoms with Gasteiger partial charge in [0.25, 0.3) is 0 Å². The molecule has 0 N–H and O–H groups in total. The summed E-state index contributed by atoms with van der Waals surface area (Å²) in [5.41, 5.74) is 0.671. The number of aryl methyl sites for hydroxylation is 1. The molecule has 0 aliphatic carbocycles. The summed E-state index contributed by atoms with van der Waals surface area (Å²) in [7, 11) is -1.99. The van der Waals surface area contributed by atoms with Crippen molar-refractivity contribution in [1.29, 1.82) is 0 Å². The Balaban J connectivity index is 2.07. The lowest BCUT2D eigenvalue weighted by atomic mass is 9.96. The second kappa shape index (κ2) is 9.55. The van der Waals surface area contributed by atoms with Gasteiger partial charge in [-0.2, -0.15) is 4.31 Å². The highest BCUT2D eigenvalue weighted by Crippen LogP contribution is 2.28. The van der Waals surface area contributed by atoms with Crippen LogP contribution < -0.4 is 4.74 Å². The number of sulfonamides is 1. The quantitative estimate of drug-likeness (QED) is 0.677. The number of methoxy groups -OCH3 is 1. The third-order valence-corrected chi connectivity index (χ3v) is 7.16. The summed E-state index contributed by atoms with van der Waals surface area (Å²) < 4.78 is 32.7. The molecule has 1 saturated heterocycles. The summed E-state index contributed by atoms with van der Waals surface area (Å²) in [5.74, 6) is 0.741. The first-order chi connectivity index (χ1) is 12.8. The van der Waals surface area contributed by atoms with E-state index in [2.05, 4.69) is 13.8 Å². The molecule has 0 bridgehead atoms. The minimum atomic E-state index is -3.55. The van der Waals surface area contributed by atoms with Gasteiger partial charge in [0, 0.05) is 32.1 Å². The Hall–Kier alpha value is -1.60. The highest BCUT2D eigenvalue weighted by Gasteiger charge is 2.34. The number of hydrogen-bond donors (Lipinski definition) is 0. The molecule has 0 radical (unpaired) electrons. The SMILES string of the molecule is CCCN(CCC)C(=O)C1CCN(S(=O)(=O)c2ccc(OC)cc2C)CC1. The molecule has 1 aromatic rings. The molecule has 0 spiro atoms. The molecular weight excluding hydrogens is 364 g/mol. The summed E-state index contributed by atoms with van der Waals surface area (Å²) in [5, 5.41) is 0. The molecule has 0 unspecified atom stereocenters. The maximum Gasteiger partial charge on any atom is 0.243 e. The van der Waals surface area contributed by atoms with Gasteiger partial charge in [-0.25, -0.2) is 8.42 Å². The molecular formula is C20H32N2O4S. The van der Waals surface area contributed by atoms with Crippen LogP contribution in [0.2, 0.25) is 0 Å². The number of benzene rings is 1. The third-order valence-electron chi connectivity index (χ3n) is 5.10. The molecule has 1 aromatic carbocycles. The van der Waals surface area contributed by atoms with Crippen molar-refractivity contribution in [3.05, 3.63) is 23.8 Å². The lowest BCUT2D eigenvalue weighted by Crippen LogP contribution is -2.44. The van der Waals surface area contributed by atoms with Gasteiger partial charge >= 0.3 is 0 Å². The van der Waals surface area contributed by atoms with Crippen molar-refractivity contribution in [2.24, 2.45) is 5.92 Å². The van der Waals surface area contributed by atoms with Crippen LogP contribution in [0.4, 0.5) is 0 Å². The van der Waals surface area contributed by atoms with Gasteiger partial charge in [-0.05, 0) is 56.4 Å². The van der Waals surface area contributed by atoms with Gasteiger partial charge in [-0.15, -0.1) is 0 Å². The Morgan fingerprint density at radius 2 is 1.78 bits per heavy atom. The predicted octanol–water partition coefficient (Wildman–Crippen LogP) is 3.05. The maximum absolute atomic E-state index is 13.0. The van der Waals surface area contributed by atoms with E-state index in [9.17, 15) is 13.2 Å². The molecule has 1 aliphatic heterocycles. The van der Waals surface area contributed by atoms with Crippen molar-refractivity contribution in [1.82, 2.24) is 9.21 Å². The lowest BCUT2D eigenvalue weighted by molar-refractivity contribution is -0.136. The number of piperidine rings is 1. The monoisotopic (exact) mass is 396 g/mol. The summed E-state index contributed by atoms with van der Waals surface area (Å²) in [4.78, 5) is 15.0. The summed E-state index contributed by atoms with van der Waals surface area (Å²) in [6, 6.07) is 5.00.